The number of anilines is 2. The quantitative estimate of drug-likeness (QED) is 0.0839. The Kier molecular flexibility index (Phi) is 13.1. The third kappa shape index (κ3) is 10.5. The highest BCUT2D eigenvalue weighted by Gasteiger charge is 2.34. The van der Waals surface area contributed by atoms with Crippen molar-refractivity contribution in [1.82, 2.24) is 9.97 Å². The van der Waals surface area contributed by atoms with Crippen LogP contribution in [0.4, 0.5) is 25.2 Å². The molecule has 1 heterocycles. The standard InChI is InChI=1S/C38H38ClF2N5O7/c1-22(2)33(48)31-17-27(9-12-30(31)23(3)47)45-36(49)53-21-38(40,41)20-52-34-24(18-42)15-26(16-32(34)39)37(4,5)25-7-10-29(11-8-25)51-19-28-13-14-43-35(44-28)46-50-6/h7-17,22H,19-21H2,1-6H3,(H,45,49)(H,43,44,46). The Labute approximate surface area is 310 Å². The number of amides is 1. The van der Waals surface area contributed by atoms with Gasteiger partial charge in [-0.15, -0.1) is 0 Å². The van der Waals surface area contributed by atoms with E-state index in [1.165, 1.54) is 38.3 Å². The molecule has 0 saturated heterocycles. The fourth-order valence-electron chi connectivity index (χ4n) is 5.08. The van der Waals surface area contributed by atoms with Gasteiger partial charge < -0.3 is 14.2 Å². The molecule has 0 aliphatic heterocycles. The van der Waals surface area contributed by atoms with E-state index in [4.69, 9.17) is 30.6 Å². The molecule has 0 saturated carbocycles. The number of Topliss-reactive ketones (excluding diaryl/α,β-unsaturated/α-hetero) is 2. The Morgan fingerprint density at radius 3 is 2.32 bits per heavy atom. The van der Waals surface area contributed by atoms with Crippen molar-refractivity contribution >= 4 is 40.9 Å². The smallest absolute Gasteiger partial charge is 0.411 e. The van der Waals surface area contributed by atoms with Crippen molar-refractivity contribution in [3.8, 4) is 17.6 Å². The molecular formula is C38H38ClF2N5O7. The molecule has 12 nitrogen and oxygen atoms in total. The van der Waals surface area contributed by atoms with E-state index in [9.17, 15) is 28.4 Å². The number of ketones is 2. The van der Waals surface area contributed by atoms with E-state index in [0.717, 1.165) is 5.56 Å². The van der Waals surface area contributed by atoms with Crippen molar-refractivity contribution in [2.75, 3.05) is 31.1 Å². The van der Waals surface area contributed by atoms with Gasteiger partial charge in [0, 0.05) is 34.3 Å². The Morgan fingerprint density at radius 1 is 0.962 bits per heavy atom. The molecule has 0 aliphatic carbocycles. The van der Waals surface area contributed by atoms with Crippen molar-refractivity contribution in [2.45, 2.75) is 52.6 Å². The van der Waals surface area contributed by atoms with Crippen molar-refractivity contribution in [3.05, 3.63) is 105 Å². The molecule has 0 fully saturated rings. The Bertz CT molecular complexity index is 2020. The number of carbonyl (C=O) groups is 3. The molecule has 53 heavy (non-hydrogen) atoms. The van der Waals surface area contributed by atoms with Crippen LogP contribution in [-0.4, -0.2) is 53.9 Å². The van der Waals surface area contributed by atoms with Gasteiger partial charge >= 0.3 is 12.0 Å². The fraction of sp³-hybridized carbons (Fsp3) is 0.316. The van der Waals surface area contributed by atoms with Gasteiger partial charge in [0.1, 0.15) is 18.4 Å². The van der Waals surface area contributed by atoms with E-state index in [1.54, 1.807) is 44.3 Å². The molecule has 0 unspecified atom stereocenters. The molecular weight excluding hydrogens is 712 g/mol. The number of nitrogens with one attached hydrogen (secondary N) is 2. The molecule has 1 aromatic heterocycles. The first-order valence-electron chi connectivity index (χ1n) is 16.3. The fourth-order valence-corrected chi connectivity index (χ4v) is 5.35. The number of nitriles is 1. The summed E-state index contributed by atoms with van der Waals surface area (Å²) in [6.07, 6.45) is 0.358. The zero-order chi connectivity index (χ0) is 38.9. The van der Waals surface area contributed by atoms with E-state index in [2.05, 4.69) is 20.8 Å². The maximum absolute atomic E-state index is 14.8. The van der Waals surface area contributed by atoms with Crippen LogP contribution < -0.4 is 20.3 Å². The molecule has 4 aromatic rings. The lowest BCUT2D eigenvalue weighted by Crippen LogP contribution is -2.33. The van der Waals surface area contributed by atoms with Crippen LogP contribution >= 0.6 is 11.6 Å². The van der Waals surface area contributed by atoms with Crippen LogP contribution in [0.1, 0.15) is 77.7 Å². The summed E-state index contributed by atoms with van der Waals surface area (Å²) in [6.45, 7) is 6.02. The van der Waals surface area contributed by atoms with Crippen molar-refractivity contribution in [2.24, 2.45) is 5.92 Å². The molecule has 1 amide bonds. The topological polar surface area (TPSA) is 162 Å². The average Bonchev–Trinajstić information content (AvgIpc) is 3.12. The zero-order valence-corrected chi connectivity index (χ0v) is 30.6. The molecule has 0 atom stereocenters. The zero-order valence-electron chi connectivity index (χ0n) is 29.9. The highest BCUT2D eigenvalue weighted by Crippen LogP contribution is 2.39. The van der Waals surface area contributed by atoms with Crippen LogP contribution in [0, 0.1) is 17.2 Å². The number of hydrogen-bond acceptors (Lipinski definition) is 11. The molecule has 15 heteroatoms. The molecule has 0 spiro atoms. The number of alkyl halides is 2. The van der Waals surface area contributed by atoms with Gasteiger partial charge in [-0.1, -0.05) is 51.4 Å². The maximum Gasteiger partial charge on any atom is 0.411 e. The SMILES string of the molecule is CONc1nccc(COc2ccc(C(C)(C)c3cc(Cl)c(OCC(F)(F)COC(=O)Nc4ccc(C(C)=O)c(C(=O)C(C)C)c4)c(C#N)c3)cc2)n1. The summed E-state index contributed by atoms with van der Waals surface area (Å²) in [5, 5.41) is 12.1. The second kappa shape index (κ2) is 17.2. The highest BCUT2D eigenvalue weighted by molar-refractivity contribution is 6.32. The number of halogens is 3. The summed E-state index contributed by atoms with van der Waals surface area (Å²) in [4.78, 5) is 50.1. The predicted molar refractivity (Wildman–Crippen MR) is 193 cm³/mol. The summed E-state index contributed by atoms with van der Waals surface area (Å²) in [6, 6.07) is 18.0. The number of rotatable bonds is 16. The predicted octanol–water partition coefficient (Wildman–Crippen LogP) is 8.18. The third-order valence-electron chi connectivity index (χ3n) is 8.03. The highest BCUT2D eigenvalue weighted by atomic mass is 35.5. The minimum atomic E-state index is -3.68. The van der Waals surface area contributed by atoms with E-state index in [0.29, 0.717) is 23.0 Å². The van der Waals surface area contributed by atoms with E-state index in [-0.39, 0.29) is 51.3 Å². The first-order valence-corrected chi connectivity index (χ1v) is 16.6. The van der Waals surface area contributed by atoms with E-state index in [1.807, 2.05) is 32.0 Å². The molecule has 278 valence electrons. The molecule has 4 rings (SSSR count). The van der Waals surface area contributed by atoms with Gasteiger partial charge in [-0.05, 0) is 66.6 Å². The summed E-state index contributed by atoms with van der Waals surface area (Å²) in [5.41, 5.74) is 4.26. The van der Waals surface area contributed by atoms with Crippen LogP contribution in [-0.2, 0) is 21.6 Å². The van der Waals surface area contributed by atoms with Crippen molar-refractivity contribution in [1.29, 1.82) is 5.26 Å². The molecule has 0 radical (unpaired) electrons. The average molecular weight is 750 g/mol. The summed E-state index contributed by atoms with van der Waals surface area (Å²) in [5.74, 6) is -4.14. The minimum absolute atomic E-state index is 0.0607. The largest absolute Gasteiger partial charge is 0.487 e. The Morgan fingerprint density at radius 2 is 1.68 bits per heavy atom. The monoisotopic (exact) mass is 749 g/mol. The molecule has 3 aromatic carbocycles. The van der Waals surface area contributed by atoms with Gasteiger partial charge in [-0.2, -0.15) is 14.0 Å². The number of benzene rings is 3. The van der Waals surface area contributed by atoms with Crippen LogP contribution in [0.2, 0.25) is 5.02 Å². The van der Waals surface area contributed by atoms with Gasteiger partial charge in [-0.25, -0.2) is 20.2 Å². The van der Waals surface area contributed by atoms with Gasteiger partial charge in [0.15, 0.2) is 30.5 Å². The lowest BCUT2D eigenvalue weighted by Gasteiger charge is -2.27. The van der Waals surface area contributed by atoms with Crippen molar-refractivity contribution < 1.29 is 42.2 Å². The van der Waals surface area contributed by atoms with Gasteiger partial charge in [0.2, 0.25) is 5.95 Å². The number of hydrogen-bond donors (Lipinski definition) is 2. The van der Waals surface area contributed by atoms with Gasteiger partial charge in [0.05, 0.1) is 23.4 Å². The van der Waals surface area contributed by atoms with E-state index >= 15 is 0 Å². The van der Waals surface area contributed by atoms with Crippen LogP contribution in [0.15, 0.2) is 66.9 Å². The normalized spacial score (nSPS) is 11.4. The van der Waals surface area contributed by atoms with Crippen LogP contribution in [0.3, 0.4) is 0 Å². The van der Waals surface area contributed by atoms with E-state index < -0.39 is 36.6 Å². The third-order valence-corrected chi connectivity index (χ3v) is 8.31. The second-order valence-corrected chi connectivity index (χ2v) is 13.2. The minimum Gasteiger partial charge on any atom is -0.487 e. The first-order chi connectivity index (χ1) is 25.0. The second-order valence-electron chi connectivity index (χ2n) is 12.7. The number of ether oxygens (including phenoxy) is 3. The van der Waals surface area contributed by atoms with Gasteiger partial charge in [-0.3, -0.25) is 19.7 Å². The number of carbonyl (C=O) groups excluding carboxylic acids is 3. The first kappa shape index (κ1) is 40.1. The Hall–Kier alpha value is -5.65. The lowest BCUT2D eigenvalue weighted by molar-refractivity contribution is -0.0813. The number of aromatic nitrogens is 2. The number of nitrogens with zero attached hydrogens (tertiary/aromatic N) is 3. The van der Waals surface area contributed by atoms with Crippen molar-refractivity contribution in [3.63, 3.8) is 0 Å². The Balaban J connectivity index is 1.38. The molecule has 0 aliphatic rings. The summed E-state index contributed by atoms with van der Waals surface area (Å²) >= 11 is 6.49. The summed E-state index contributed by atoms with van der Waals surface area (Å²) in [7, 11) is 1.45. The molecule has 2 N–H and O–H groups in total. The van der Waals surface area contributed by atoms with Crippen LogP contribution in [0.5, 0.6) is 11.5 Å². The maximum atomic E-state index is 14.8. The summed E-state index contributed by atoms with van der Waals surface area (Å²) < 4.78 is 45.6. The van der Waals surface area contributed by atoms with Crippen LogP contribution in [0.25, 0.3) is 0 Å². The molecule has 0 bridgehead atoms. The lowest BCUT2D eigenvalue weighted by atomic mass is 9.77. The van der Waals surface area contributed by atoms with Gasteiger partial charge in [0.25, 0.3) is 0 Å².